The molecular formula is C26H32ClN3O5S. The van der Waals surface area contributed by atoms with Gasteiger partial charge in [0.25, 0.3) is 11.8 Å². The molecule has 2 N–H and O–H groups in total. The van der Waals surface area contributed by atoms with Crippen LogP contribution in [0.15, 0.2) is 47.4 Å². The number of amides is 3. The summed E-state index contributed by atoms with van der Waals surface area (Å²) in [6, 6.07) is 11.5. The molecule has 36 heavy (non-hydrogen) atoms. The maximum absolute atomic E-state index is 13.7. The average Bonchev–Trinajstić information content (AvgIpc) is 2.89. The summed E-state index contributed by atoms with van der Waals surface area (Å²) in [6.07, 6.45) is -0.668. The van der Waals surface area contributed by atoms with Gasteiger partial charge in [-0.1, -0.05) is 23.7 Å². The maximum Gasteiger partial charge on any atom is 0.408 e. The molecule has 0 saturated carbocycles. The highest BCUT2D eigenvalue weighted by atomic mass is 35.5. The Hall–Kier alpha value is -2.75. The molecule has 0 unspecified atom stereocenters. The van der Waals surface area contributed by atoms with Gasteiger partial charge in [-0.15, -0.1) is 11.8 Å². The van der Waals surface area contributed by atoms with E-state index in [0.29, 0.717) is 22.0 Å². The fourth-order valence-corrected chi connectivity index (χ4v) is 4.47. The number of carbonyl (C=O) groups is 3. The second-order valence-electron chi connectivity index (χ2n) is 10.4. The summed E-state index contributed by atoms with van der Waals surface area (Å²) >= 11 is 7.46. The van der Waals surface area contributed by atoms with Crippen molar-refractivity contribution >= 4 is 47.0 Å². The zero-order valence-electron chi connectivity index (χ0n) is 21.3. The fourth-order valence-electron chi connectivity index (χ4n) is 3.29. The van der Waals surface area contributed by atoms with E-state index in [0.717, 1.165) is 10.5 Å². The Labute approximate surface area is 221 Å². The second kappa shape index (κ2) is 11.1. The number of ether oxygens (including phenoxy) is 1. The van der Waals surface area contributed by atoms with Gasteiger partial charge in [0.05, 0.1) is 17.8 Å². The van der Waals surface area contributed by atoms with Gasteiger partial charge in [-0.3, -0.25) is 14.4 Å². The first-order valence-electron chi connectivity index (χ1n) is 11.5. The summed E-state index contributed by atoms with van der Waals surface area (Å²) in [6.45, 7) is 11.0. The van der Waals surface area contributed by atoms with E-state index >= 15 is 0 Å². The molecule has 0 spiro atoms. The van der Waals surface area contributed by atoms with Crippen molar-refractivity contribution in [1.82, 2.24) is 10.8 Å². The lowest BCUT2D eigenvalue weighted by Gasteiger charge is -2.27. The minimum absolute atomic E-state index is 0.222. The van der Waals surface area contributed by atoms with Crippen LogP contribution in [0, 0.1) is 0 Å². The first kappa shape index (κ1) is 27.8. The molecule has 2 aromatic carbocycles. The molecule has 1 aliphatic heterocycles. The second-order valence-corrected chi connectivity index (χ2v) is 11.9. The minimum atomic E-state index is -0.828. The largest absolute Gasteiger partial charge is 0.444 e. The number of hydroxylamine groups is 1. The predicted octanol–water partition coefficient (Wildman–Crippen LogP) is 5.33. The Balaban J connectivity index is 1.94. The van der Waals surface area contributed by atoms with Crippen molar-refractivity contribution in [3.63, 3.8) is 0 Å². The Morgan fingerprint density at radius 2 is 1.72 bits per heavy atom. The lowest BCUT2D eigenvalue weighted by molar-refractivity contribution is -0.120. The molecule has 0 aliphatic carbocycles. The number of hydrogen-bond acceptors (Lipinski definition) is 6. The third-order valence-corrected chi connectivity index (χ3v) is 6.28. The van der Waals surface area contributed by atoms with Crippen molar-refractivity contribution in [3.05, 3.63) is 58.6 Å². The number of fused-ring (bicyclic) bond motifs is 1. The quantitative estimate of drug-likeness (QED) is 0.504. The number of thioether (sulfide) groups is 1. The molecule has 1 heterocycles. The molecule has 1 atom stereocenters. The van der Waals surface area contributed by atoms with Crippen molar-refractivity contribution in [3.8, 4) is 0 Å². The average molecular weight is 534 g/mol. The van der Waals surface area contributed by atoms with Gasteiger partial charge >= 0.3 is 6.09 Å². The Morgan fingerprint density at radius 3 is 2.33 bits per heavy atom. The van der Waals surface area contributed by atoms with Crippen LogP contribution >= 0.6 is 23.4 Å². The molecule has 0 radical (unpaired) electrons. The lowest BCUT2D eigenvalue weighted by atomic mass is 10.1. The molecule has 3 amide bonds. The molecule has 3 rings (SSSR count). The van der Waals surface area contributed by atoms with Crippen LogP contribution in [0.2, 0.25) is 5.02 Å². The van der Waals surface area contributed by atoms with E-state index in [1.54, 1.807) is 56.0 Å². The number of benzene rings is 2. The van der Waals surface area contributed by atoms with Crippen molar-refractivity contribution in [2.75, 3.05) is 10.7 Å². The number of rotatable bonds is 5. The summed E-state index contributed by atoms with van der Waals surface area (Å²) in [5, 5.41) is 3.29. The molecular weight excluding hydrogens is 502 g/mol. The fraction of sp³-hybridized carbons (Fsp3) is 0.423. The molecule has 2 aromatic rings. The lowest BCUT2D eigenvalue weighted by Crippen LogP contribution is -2.50. The SMILES string of the molecule is CC(C)(C)ONC(=O)c1ccc2c(c1)N(Cc1ccc(Cl)cc1)C(=O)[C@@H](NC(=O)OC(C)(C)C)CS2. The van der Waals surface area contributed by atoms with Gasteiger partial charge in [0.15, 0.2) is 0 Å². The molecule has 0 saturated heterocycles. The number of hydrogen-bond donors (Lipinski definition) is 2. The van der Waals surface area contributed by atoms with Crippen LogP contribution in [0.4, 0.5) is 10.5 Å². The van der Waals surface area contributed by atoms with E-state index < -0.39 is 29.2 Å². The van der Waals surface area contributed by atoms with Crippen LogP contribution in [0.1, 0.15) is 57.5 Å². The van der Waals surface area contributed by atoms with Gasteiger partial charge in [-0.05, 0) is 77.4 Å². The summed E-state index contributed by atoms with van der Waals surface area (Å²) in [7, 11) is 0. The standard InChI is InChI=1S/C26H32ClN3O5S/c1-25(2,3)34-24(33)28-19-15-36-21-12-9-17(22(31)29-35-26(4,5)6)13-20(21)30(23(19)32)14-16-7-10-18(27)11-8-16/h7-13,19H,14-15H2,1-6H3,(H,28,33)(H,29,31)/t19-/m0/s1. The maximum atomic E-state index is 13.7. The summed E-state index contributed by atoms with van der Waals surface area (Å²) in [5.74, 6) is -0.434. The number of nitrogens with zero attached hydrogens (tertiary/aromatic N) is 1. The Bertz CT molecular complexity index is 1130. The Kier molecular flexibility index (Phi) is 8.59. The van der Waals surface area contributed by atoms with Crippen LogP contribution < -0.4 is 15.7 Å². The summed E-state index contributed by atoms with van der Waals surface area (Å²) in [4.78, 5) is 46.7. The highest BCUT2D eigenvalue weighted by Gasteiger charge is 2.33. The number of anilines is 1. The van der Waals surface area contributed by atoms with Gasteiger partial charge in [-0.2, -0.15) is 0 Å². The highest BCUT2D eigenvalue weighted by molar-refractivity contribution is 7.99. The smallest absolute Gasteiger partial charge is 0.408 e. The van der Waals surface area contributed by atoms with Crippen molar-refractivity contribution in [2.45, 2.75) is 70.2 Å². The zero-order valence-corrected chi connectivity index (χ0v) is 22.9. The van der Waals surface area contributed by atoms with E-state index in [9.17, 15) is 14.4 Å². The number of nitrogens with one attached hydrogen (secondary N) is 2. The molecule has 0 fully saturated rings. The predicted molar refractivity (Wildman–Crippen MR) is 141 cm³/mol. The number of carbonyl (C=O) groups excluding carboxylic acids is 3. The van der Waals surface area contributed by atoms with Crippen LogP contribution in [0.3, 0.4) is 0 Å². The van der Waals surface area contributed by atoms with Gasteiger partial charge in [-0.25, -0.2) is 10.3 Å². The van der Waals surface area contributed by atoms with Gasteiger partial charge in [0.1, 0.15) is 11.6 Å². The normalized spacial score (nSPS) is 16.1. The van der Waals surface area contributed by atoms with E-state index in [2.05, 4.69) is 10.8 Å². The zero-order chi connectivity index (χ0) is 26.7. The van der Waals surface area contributed by atoms with E-state index in [1.807, 2.05) is 32.9 Å². The van der Waals surface area contributed by atoms with Gasteiger partial charge in [0.2, 0.25) is 0 Å². The van der Waals surface area contributed by atoms with E-state index in [4.69, 9.17) is 21.2 Å². The third-order valence-electron chi connectivity index (χ3n) is 4.88. The van der Waals surface area contributed by atoms with E-state index in [-0.39, 0.29) is 12.5 Å². The topological polar surface area (TPSA) is 97.0 Å². The minimum Gasteiger partial charge on any atom is -0.444 e. The van der Waals surface area contributed by atoms with E-state index in [1.165, 1.54) is 11.8 Å². The molecule has 0 bridgehead atoms. The first-order chi connectivity index (χ1) is 16.7. The monoisotopic (exact) mass is 533 g/mol. The van der Waals surface area contributed by atoms with Crippen molar-refractivity contribution in [2.24, 2.45) is 0 Å². The van der Waals surface area contributed by atoms with Gasteiger partial charge < -0.3 is 15.0 Å². The third kappa shape index (κ3) is 7.88. The van der Waals surface area contributed by atoms with Crippen LogP contribution in [0.5, 0.6) is 0 Å². The number of halogens is 1. The van der Waals surface area contributed by atoms with Crippen LogP contribution in [-0.2, 0) is 20.9 Å². The first-order valence-corrected chi connectivity index (χ1v) is 12.9. The summed E-state index contributed by atoms with van der Waals surface area (Å²) in [5.41, 5.74) is 2.95. The molecule has 8 nitrogen and oxygen atoms in total. The van der Waals surface area contributed by atoms with Crippen molar-refractivity contribution in [1.29, 1.82) is 0 Å². The molecule has 10 heteroatoms. The Morgan fingerprint density at radius 1 is 1.06 bits per heavy atom. The van der Waals surface area contributed by atoms with Gasteiger partial charge in [0, 0.05) is 21.2 Å². The number of alkyl carbamates (subject to hydrolysis) is 1. The van der Waals surface area contributed by atoms with Crippen LogP contribution in [-0.4, -0.2) is 40.9 Å². The highest BCUT2D eigenvalue weighted by Crippen LogP contribution is 2.36. The van der Waals surface area contributed by atoms with Crippen molar-refractivity contribution < 1.29 is 24.0 Å². The van der Waals surface area contributed by atoms with Crippen LogP contribution in [0.25, 0.3) is 0 Å². The molecule has 1 aliphatic rings. The molecule has 0 aromatic heterocycles. The molecule has 194 valence electrons. The summed E-state index contributed by atoms with van der Waals surface area (Å²) < 4.78 is 5.37.